The molecule has 5 atom stereocenters. The average Bonchev–Trinajstić information content (AvgIpc) is 3.33. The molecule has 1 aromatic rings. The smallest absolute Gasteiger partial charge is 0.417 e. The summed E-state index contributed by atoms with van der Waals surface area (Å²) in [6.45, 7) is 0.489. The number of amides is 1. The van der Waals surface area contributed by atoms with Gasteiger partial charge < -0.3 is 37.2 Å². The van der Waals surface area contributed by atoms with Crippen molar-refractivity contribution in [3.63, 3.8) is 0 Å². The number of aromatic hydroxyl groups is 1. The molecule has 13 heteroatoms. The van der Waals surface area contributed by atoms with E-state index < -0.39 is 105 Å². The summed E-state index contributed by atoms with van der Waals surface area (Å²) in [6, 6.07) is -1.45. The van der Waals surface area contributed by atoms with E-state index >= 15 is 0 Å². The second-order valence-corrected chi connectivity index (χ2v) is 9.94. The van der Waals surface area contributed by atoms with Crippen LogP contribution in [-0.4, -0.2) is 56.1 Å². The quantitative estimate of drug-likeness (QED) is 0.274. The number of hydrogen-bond acceptors (Lipinski definition) is 9. The van der Waals surface area contributed by atoms with Crippen LogP contribution in [-0.2, 0) is 27.0 Å². The van der Waals surface area contributed by atoms with Gasteiger partial charge in [-0.15, -0.1) is 0 Å². The molecule has 1 heterocycles. The number of aliphatic hydroxyl groups is 3. The molecule has 198 valence electrons. The van der Waals surface area contributed by atoms with Crippen molar-refractivity contribution < 1.29 is 48.0 Å². The number of rotatable bonds is 2. The minimum atomic E-state index is -4.87. The first-order valence-electron chi connectivity index (χ1n) is 11.6. The standard InChI is InChI=1S/C24H24F3N3O7/c25-24(26,27)16-8(11-2-1-3-30-11)6-12(31)14-9(16)4-7-5-10-17(28)19(33)15(22(29)36)21(35)23(10,37)20(34)13(7)18(14)32/h6-7,10-11,17,30-32,35,37H,1-5,28H2,(H2,29,36)/t7-,10-,11?,17-,23-/m0/s1. The normalized spacial score (nSPS) is 31.8. The van der Waals surface area contributed by atoms with Gasteiger partial charge in [-0.05, 0) is 55.3 Å². The molecule has 1 amide bonds. The van der Waals surface area contributed by atoms with Crippen LogP contribution in [0.15, 0.2) is 23.0 Å². The fraction of sp³-hybridized carbons (Fsp3) is 0.458. The number of aliphatic hydroxyl groups excluding tert-OH is 2. The second kappa shape index (κ2) is 8.04. The molecule has 10 nitrogen and oxygen atoms in total. The first kappa shape index (κ1) is 25.2. The van der Waals surface area contributed by atoms with Gasteiger partial charge in [-0.2, -0.15) is 13.2 Å². The summed E-state index contributed by atoms with van der Waals surface area (Å²) in [5.74, 6) is -9.56. The summed E-state index contributed by atoms with van der Waals surface area (Å²) in [7, 11) is 0. The predicted octanol–water partition coefficient (Wildman–Crippen LogP) is 0.804. The molecule has 3 aliphatic carbocycles. The van der Waals surface area contributed by atoms with Crippen molar-refractivity contribution in [1.29, 1.82) is 0 Å². The van der Waals surface area contributed by atoms with E-state index in [1.54, 1.807) is 0 Å². The molecule has 1 aromatic carbocycles. The number of nitrogens with one attached hydrogen (secondary N) is 1. The summed E-state index contributed by atoms with van der Waals surface area (Å²) in [5, 5.41) is 46.6. The molecule has 9 N–H and O–H groups in total. The number of ketones is 2. The van der Waals surface area contributed by atoms with Crippen LogP contribution in [0.2, 0.25) is 0 Å². The highest BCUT2D eigenvalue weighted by atomic mass is 19.4. The highest BCUT2D eigenvalue weighted by molar-refractivity contribution is 6.24. The molecule has 1 aliphatic heterocycles. The van der Waals surface area contributed by atoms with Crippen molar-refractivity contribution in [2.45, 2.75) is 49.5 Å². The first-order valence-corrected chi connectivity index (χ1v) is 11.6. The molecule has 0 radical (unpaired) electrons. The van der Waals surface area contributed by atoms with Crippen LogP contribution in [0.1, 0.15) is 47.6 Å². The van der Waals surface area contributed by atoms with Gasteiger partial charge in [0, 0.05) is 17.5 Å². The lowest BCUT2D eigenvalue weighted by Gasteiger charge is -2.48. The van der Waals surface area contributed by atoms with Crippen LogP contribution in [0.5, 0.6) is 5.75 Å². The van der Waals surface area contributed by atoms with Crippen LogP contribution in [0.4, 0.5) is 13.2 Å². The Balaban J connectivity index is 1.75. The third-order valence-corrected chi connectivity index (χ3v) is 8.00. The molecule has 1 saturated heterocycles. The highest BCUT2D eigenvalue weighted by Gasteiger charge is 2.63. The van der Waals surface area contributed by atoms with Crippen LogP contribution in [0.25, 0.3) is 5.76 Å². The van der Waals surface area contributed by atoms with E-state index in [9.17, 15) is 48.0 Å². The van der Waals surface area contributed by atoms with Gasteiger partial charge in [-0.3, -0.25) is 14.4 Å². The van der Waals surface area contributed by atoms with E-state index in [1.165, 1.54) is 0 Å². The molecular formula is C24H24F3N3O7. The van der Waals surface area contributed by atoms with Gasteiger partial charge in [0.05, 0.1) is 17.2 Å². The number of Topliss-reactive ketones (excluding diaryl/α,β-unsaturated/α-hetero) is 2. The molecule has 1 saturated carbocycles. The van der Waals surface area contributed by atoms with Crippen LogP contribution in [0.3, 0.4) is 0 Å². The lowest BCUT2D eigenvalue weighted by atomic mass is 9.57. The fourth-order valence-corrected chi connectivity index (χ4v) is 6.38. The molecule has 2 fully saturated rings. The zero-order valence-electron chi connectivity index (χ0n) is 19.2. The number of alkyl halides is 3. The first-order chi connectivity index (χ1) is 17.2. The zero-order chi connectivity index (χ0) is 27.2. The van der Waals surface area contributed by atoms with Gasteiger partial charge >= 0.3 is 6.18 Å². The van der Waals surface area contributed by atoms with E-state index in [4.69, 9.17) is 11.5 Å². The number of phenols is 1. The average molecular weight is 523 g/mol. The summed E-state index contributed by atoms with van der Waals surface area (Å²) in [5.41, 5.74) is 4.28. The van der Waals surface area contributed by atoms with Crippen LogP contribution < -0.4 is 16.8 Å². The fourth-order valence-electron chi connectivity index (χ4n) is 6.38. The topological polar surface area (TPSA) is 196 Å². The molecular weight excluding hydrogens is 499 g/mol. The minimum absolute atomic E-state index is 0.188. The maximum atomic E-state index is 14.4. The third-order valence-electron chi connectivity index (χ3n) is 8.00. The lowest BCUT2D eigenvalue weighted by molar-refractivity contribution is -0.149. The Morgan fingerprint density at radius 1 is 1.19 bits per heavy atom. The Bertz CT molecular complexity index is 1330. The SMILES string of the molecule is NC(=O)C1=C(O)[C@@]2(O)C(=O)C3=C(O)c4c(O)cc(C5CCCN5)c(C(F)(F)F)c4C[C@H]3C[C@H]2[C@H](N)C1=O. The number of halogens is 3. The molecule has 0 spiro atoms. The van der Waals surface area contributed by atoms with E-state index in [2.05, 4.69) is 5.32 Å². The highest BCUT2D eigenvalue weighted by Crippen LogP contribution is 2.54. The number of primary amides is 1. The van der Waals surface area contributed by atoms with E-state index in [-0.39, 0.29) is 12.0 Å². The largest absolute Gasteiger partial charge is 0.508 e. The van der Waals surface area contributed by atoms with E-state index in [0.29, 0.717) is 19.4 Å². The van der Waals surface area contributed by atoms with Gasteiger partial charge in [-0.25, -0.2) is 0 Å². The number of nitrogens with two attached hydrogens (primary N) is 2. The van der Waals surface area contributed by atoms with Gasteiger partial charge in [-0.1, -0.05) is 0 Å². The van der Waals surface area contributed by atoms with Crippen molar-refractivity contribution in [1.82, 2.24) is 5.32 Å². The van der Waals surface area contributed by atoms with Crippen LogP contribution in [0, 0.1) is 11.8 Å². The Morgan fingerprint density at radius 3 is 2.43 bits per heavy atom. The Labute approximate surface area is 207 Å². The van der Waals surface area contributed by atoms with Gasteiger partial charge in [0.1, 0.15) is 22.8 Å². The number of benzene rings is 1. The number of carbonyl (C=O) groups is 3. The van der Waals surface area contributed by atoms with Crippen molar-refractivity contribution in [3.05, 3.63) is 45.2 Å². The van der Waals surface area contributed by atoms with Gasteiger partial charge in [0.15, 0.2) is 11.4 Å². The number of carbonyl (C=O) groups excluding carboxylic acids is 3. The number of hydrogen-bond donors (Lipinski definition) is 7. The second-order valence-electron chi connectivity index (χ2n) is 9.94. The summed E-state index contributed by atoms with van der Waals surface area (Å²) < 4.78 is 43.2. The Morgan fingerprint density at radius 2 is 1.86 bits per heavy atom. The van der Waals surface area contributed by atoms with Crippen molar-refractivity contribution in [2.75, 3.05) is 6.54 Å². The van der Waals surface area contributed by atoms with Gasteiger partial charge in [0.25, 0.3) is 5.91 Å². The van der Waals surface area contributed by atoms with Crippen molar-refractivity contribution in [3.8, 4) is 5.75 Å². The maximum absolute atomic E-state index is 14.4. The third kappa shape index (κ3) is 3.33. The molecule has 1 unspecified atom stereocenters. The van der Waals surface area contributed by atoms with Crippen LogP contribution >= 0.6 is 0 Å². The molecule has 4 aliphatic rings. The van der Waals surface area contributed by atoms with E-state index in [1.807, 2.05) is 0 Å². The molecule has 37 heavy (non-hydrogen) atoms. The Kier molecular flexibility index (Phi) is 5.48. The van der Waals surface area contributed by atoms with Crippen molar-refractivity contribution >= 4 is 23.2 Å². The zero-order valence-corrected chi connectivity index (χ0v) is 19.2. The predicted molar refractivity (Wildman–Crippen MR) is 120 cm³/mol. The minimum Gasteiger partial charge on any atom is -0.508 e. The van der Waals surface area contributed by atoms with Gasteiger partial charge in [0.2, 0.25) is 5.78 Å². The lowest BCUT2D eigenvalue weighted by Crippen LogP contribution is -2.65. The molecule has 0 aromatic heterocycles. The van der Waals surface area contributed by atoms with Crippen molar-refractivity contribution in [2.24, 2.45) is 23.3 Å². The number of fused-ring (bicyclic) bond motifs is 3. The molecule has 5 rings (SSSR count). The van der Waals surface area contributed by atoms with E-state index in [0.717, 1.165) is 6.07 Å². The Hall–Kier alpha value is -3.42. The molecule has 0 bridgehead atoms. The summed E-state index contributed by atoms with van der Waals surface area (Å²) in [4.78, 5) is 37.9. The summed E-state index contributed by atoms with van der Waals surface area (Å²) >= 11 is 0. The maximum Gasteiger partial charge on any atom is 0.417 e. The number of phenolic OH excluding ortho intramolecular Hbond substituents is 1. The summed E-state index contributed by atoms with van der Waals surface area (Å²) in [6.07, 6.45) is -4.69. The monoisotopic (exact) mass is 523 g/mol.